The molecular weight excluding hydrogens is 244 g/mol. The van der Waals surface area contributed by atoms with Gasteiger partial charge in [-0.25, -0.2) is 4.79 Å². The van der Waals surface area contributed by atoms with Crippen LogP contribution in [0.2, 0.25) is 0 Å². The van der Waals surface area contributed by atoms with Crippen molar-refractivity contribution in [1.82, 2.24) is 0 Å². The number of phenols is 1. The average molecular weight is 254 g/mol. The Labute approximate surface area is 108 Å². The maximum Gasteiger partial charge on any atom is 0.336 e. The number of rotatable bonds is 2. The number of hydrogen-bond donors (Lipinski definition) is 1. The normalized spacial score (nSPS) is 10.5. The predicted molar refractivity (Wildman–Crippen MR) is 70.7 cm³/mol. The van der Waals surface area contributed by atoms with Crippen LogP contribution in [0.4, 0.5) is 0 Å². The fourth-order valence-electron chi connectivity index (χ4n) is 1.75. The van der Waals surface area contributed by atoms with Crippen molar-refractivity contribution >= 4 is 11.0 Å². The minimum atomic E-state index is -0.394. The lowest BCUT2D eigenvalue weighted by Crippen LogP contribution is -1.94. The van der Waals surface area contributed by atoms with Gasteiger partial charge in [-0.1, -0.05) is 0 Å². The van der Waals surface area contributed by atoms with Crippen molar-refractivity contribution < 1.29 is 14.3 Å². The maximum atomic E-state index is 11.2. The topological polar surface area (TPSA) is 59.7 Å². The molecule has 1 aromatic heterocycles. The summed E-state index contributed by atoms with van der Waals surface area (Å²) in [7, 11) is 0. The van der Waals surface area contributed by atoms with E-state index in [1.165, 1.54) is 18.2 Å². The molecule has 0 aliphatic carbocycles. The van der Waals surface area contributed by atoms with E-state index in [1.54, 1.807) is 30.3 Å². The summed E-state index contributed by atoms with van der Waals surface area (Å²) in [6.45, 7) is 0. The third-order valence-corrected chi connectivity index (χ3v) is 2.67. The van der Waals surface area contributed by atoms with Gasteiger partial charge in [-0.15, -0.1) is 0 Å². The molecule has 3 aromatic rings. The molecule has 1 heterocycles. The van der Waals surface area contributed by atoms with Crippen LogP contribution in [0.5, 0.6) is 17.2 Å². The molecule has 0 amide bonds. The van der Waals surface area contributed by atoms with Gasteiger partial charge in [-0.2, -0.15) is 0 Å². The third kappa shape index (κ3) is 2.42. The van der Waals surface area contributed by atoms with Crippen LogP contribution in [0.3, 0.4) is 0 Å². The molecule has 0 atom stereocenters. The highest BCUT2D eigenvalue weighted by Gasteiger charge is 2.02. The average Bonchev–Trinajstić information content (AvgIpc) is 2.41. The van der Waals surface area contributed by atoms with Crippen molar-refractivity contribution in [2.24, 2.45) is 0 Å². The van der Waals surface area contributed by atoms with Crippen molar-refractivity contribution in [3.63, 3.8) is 0 Å². The lowest BCUT2D eigenvalue weighted by atomic mass is 10.2. The van der Waals surface area contributed by atoms with Gasteiger partial charge in [-0.05, 0) is 42.5 Å². The molecule has 3 rings (SSSR count). The second kappa shape index (κ2) is 4.49. The fraction of sp³-hybridized carbons (Fsp3) is 0. The largest absolute Gasteiger partial charge is 0.508 e. The Morgan fingerprint density at radius 1 is 0.895 bits per heavy atom. The molecule has 0 fully saturated rings. The van der Waals surface area contributed by atoms with Crippen LogP contribution in [0, 0.1) is 0 Å². The Kier molecular flexibility index (Phi) is 2.68. The zero-order valence-corrected chi connectivity index (χ0v) is 9.87. The van der Waals surface area contributed by atoms with Crippen molar-refractivity contribution in [2.75, 3.05) is 0 Å². The molecule has 4 nitrogen and oxygen atoms in total. The van der Waals surface area contributed by atoms with Crippen LogP contribution < -0.4 is 10.4 Å². The highest BCUT2D eigenvalue weighted by Crippen LogP contribution is 2.26. The highest BCUT2D eigenvalue weighted by molar-refractivity contribution is 5.77. The Morgan fingerprint density at radius 2 is 1.58 bits per heavy atom. The summed E-state index contributed by atoms with van der Waals surface area (Å²) >= 11 is 0. The Balaban J connectivity index is 1.96. The van der Waals surface area contributed by atoms with Crippen molar-refractivity contribution in [3.8, 4) is 17.2 Å². The molecule has 94 valence electrons. The Morgan fingerprint density at radius 3 is 2.37 bits per heavy atom. The summed E-state index contributed by atoms with van der Waals surface area (Å²) in [6.07, 6.45) is 0. The van der Waals surface area contributed by atoms with Crippen molar-refractivity contribution in [3.05, 3.63) is 65.0 Å². The van der Waals surface area contributed by atoms with Crippen LogP contribution in [0.25, 0.3) is 11.0 Å². The summed E-state index contributed by atoms with van der Waals surface area (Å²) in [6, 6.07) is 14.7. The lowest BCUT2D eigenvalue weighted by molar-refractivity contribution is 0.463. The summed E-state index contributed by atoms with van der Waals surface area (Å²) in [5.41, 5.74) is 0.0815. The molecule has 0 aliphatic heterocycles. The molecule has 19 heavy (non-hydrogen) atoms. The lowest BCUT2D eigenvalue weighted by Gasteiger charge is -2.06. The summed E-state index contributed by atoms with van der Waals surface area (Å²) < 4.78 is 10.7. The number of phenolic OH excluding ortho intramolecular Hbond substituents is 1. The molecule has 4 heteroatoms. The third-order valence-electron chi connectivity index (χ3n) is 2.67. The van der Waals surface area contributed by atoms with E-state index in [4.69, 9.17) is 9.15 Å². The molecular formula is C15H10O4. The van der Waals surface area contributed by atoms with Crippen LogP contribution >= 0.6 is 0 Å². The number of aromatic hydroxyl groups is 1. The number of fused-ring (bicyclic) bond motifs is 1. The van der Waals surface area contributed by atoms with Crippen LogP contribution in [-0.4, -0.2) is 5.11 Å². The van der Waals surface area contributed by atoms with E-state index in [0.717, 1.165) is 5.39 Å². The number of ether oxygens (including phenoxy) is 1. The maximum absolute atomic E-state index is 11.2. The van der Waals surface area contributed by atoms with Crippen molar-refractivity contribution in [1.29, 1.82) is 0 Å². The fourth-order valence-corrected chi connectivity index (χ4v) is 1.75. The van der Waals surface area contributed by atoms with Gasteiger partial charge in [-0.3, -0.25) is 0 Å². The van der Waals surface area contributed by atoms with E-state index in [2.05, 4.69) is 0 Å². The highest BCUT2D eigenvalue weighted by atomic mass is 16.5. The second-order valence-electron chi connectivity index (χ2n) is 4.05. The molecule has 0 radical (unpaired) electrons. The SMILES string of the molecule is O=c1ccc2ccc(Oc3ccc(O)cc3)cc2o1. The Bertz CT molecular complexity index is 772. The van der Waals surface area contributed by atoms with Gasteiger partial charge in [0.1, 0.15) is 22.8 Å². The van der Waals surface area contributed by atoms with Crippen molar-refractivity contribution in [2.45, 2.75) is 0 Å². The molecule has 0 aliphatic rings. The molecule has 0 saturated carbocycles. The van der Waals surface area contributed by atoms with Gasteiger partial charge < -0.3 is 14.3 Å². The van der Waals surface area contributed by atoms with Crippen LogP contribution in [0.15, 0.2) is 63.8 Å². The van der Waals surface area contributed by atoms with Gasteiger partial charge in [0.05, 0.1) is 0 Å². The zero-order chi connectivity index (χ0) is 13.2. The monoisotopic (exact) mass is 254 g/mol. The summed E-state index contributed by atoms with van der Waals surface area (Å²) in [5.74, 6) is 1.33. The minimum Gasteiger partial charge on any atom is -0.508 e. The quantitative estimate of drug-likeness (QED) is 0.713. The molecule has 0 spiro atoms. The van der Waals surface area contributed by atoms with E-state index in [9.17, 15) is 9.90 Å². The first kappa shape index (κ1) is 11.3. The number of benzene rings is 2. The first-order valence-electron chi connectivity index (χ1n) is 5.71. The molecule has 0 bridgehead atoms. The molecule has 2 aromatic carbocycles. The standard InChI is InChI=1S/C15H10O4/c16-11-3-6-12(7-4-11)18-13-5-1-10-2-8-15(17)19-14(10)9-13/h1-9,16H. The van der Waals surface area contributed by atoms with E-state index in [1.807, 2.05) is 6.07 Å². The minimum absolute atomic E-state index is 0.178. The second-order valence-corrected chi connectivity index (χ2v) is 4.05. The first-order valence-corrected chi connectivity index (χ1v) is 5.71. The van der Waals surface area contributed by atoms with Crippen LogP contribution in [0.1, 0.15) is 0 Å². The molecule has 0 saturated heterocycles. The van der Waals surface area contributed by atoms with Gasteiger partial charge in [0.15, 0.2) is 0 Å². The van der Waals surface area contributed by atoms with Gasteiger partial charge in [0, 0.05) is 17.5 Å². The van der Waals surface area contributed by atoms with E-state index in [0.29, 0.717) is 17.1 Å². The van der Waals surface area contributed by atoms with Gasteiger partial charge in [0.2, 0.25) is 0 Å². The smallest absolute Gasteiger partial charge is 0.336 e. The predicted octanol–water partition coefficient (Wildman–Crippen LogP) is 3.29. The van der Waals surface area contributed by atoms with E-state index in [-0.39, 0.29) is 5.75 Å². The van der Waals surface area contributed by atoms with Gasteiger partial charge >= 0.3 is 5.63 Å². The number of hydrogen-bond acceptors (Lipinski definition) is 4. The first-order chi connectivity index (χ1) is 9.20. The van der Waals surface area contributed by atoms with Gasteiger partial charge in [0.25, 0.3) is 0 Å². The zero-order valence-electron chi connectivity index (χ0n) is 9.87. The van der Waals surface area contributed by atoms with Crippen LogP contribution in [-0.2, 0) is 0 Å². The van der Waals surface area contributed by atoms with E-state index < -0.39 is 5.63 Å². The summed E-state index contributed by atoms with van der Waals surface area (Å²) in [4.78, 5) is 11.2. The Hall–Kier alpha value is -2.75. The van der Waals surface area contributed by atoms with E-state index >= 15 is 0 Å². The molecule has 1 N–H and O–H groups in total. The molecule has 0 unspecified atom stereocenters. The summed E-state index contributed by atoms with van der Waals surface area (Å²) in [5, 5.41) is 10.0.